The maximum absolute atomic E-state index is 11.5. The zero-order valence-electron chi connectivity index (χ0n) is 9.60. The normalized spacial score (nSPS) is 19.9. The molecule has 0 unspecified atom stereocenters. The Labute approximate surface area is 94.9 Å². The van der Waals surface area contributed by atoms with Gasteiger partial charge in [0, 0.05) is 32.9 Å². The van der Waals surface area contributed by atoms with Gasteiger partial charge in [-0.1, -0.05) is 0 Å². The lowest BCUT2D eigenvalue weighted by Gasteiger charge is -2.23. The number of nitrogens with one attached hydrogen (secondary N) is 1. The Bertz CT molecular complexity index is 393. The van der Waals surface area contributed by atoms with Crippen molar-refractivity contribution in [2.24, 2.45) is 0 Å². The molecule has 1 aromatic heterocycles. The Kier molecular flexibility index (Phi) is 3.03. The summed E-state index contributed by atoms with van der Waals surface area (Å²) >= 11 is 0. The predicted octanol–water partition coefficient (Wildman–Crippen LogP) is 1.20. The number of likely N-dealkylation sites (tertiary alicyclic amines) is 1. The molecule has 0 spiro atoms. The third-order valence-corrected chi connectivity index (χ3v) is 2.94. The number of nitrogens with zero attached hydrogens (tertiary/aromatic N) is 3. The molecule has 2 heterocycles. The van der Waals surface area contributed by atoms with Gasteiger partial charge < -0.3 is 10.2 Å². The standard InChI is InChI=1S/C11H16N4O/c1-8(16)15-7-3-4-9(15)10-11(12-2)14-6-5-13-10/h5-6,9H,3-4,7H2,1-2H3,(H,12,14)/t9-/m0/s1. The molecule has 5 nitrogen and oxygen atoms in total. The number of hydrogen-bond donors (Lipinski definition) is 1. The second-order valence-corrected chi connectivity index (χ2v) is 3.91. The first-order valence-corrected chi connectivity index (χ1v) is 5.50. The minimum Gasteiger partial charge on any atom is -0.372 e. The van der Waals surface area contributed by atoms with Gasteiger partial charge in [-0.15, -0.1) is 0 Å². The van der Waals surface area contributed by atoms with Crippen molar-refractivity contribution in [3.8, 4) is 0 Å². The fourth-order valence-corrected chi connectivity index (χ4v) is 2.21. The molecule has 0 radical (unpaired) electrons. The summed E-state index contributed by atoms with van der Waals surface area (Å²) in [7, 11) is 1.82. The Balaban J connectivity index is 2.32. The second-order valence-electron chi connectivity index (χ2n) is 3.91. The van der Waals surface area contributed by atoms with Crippen molar-refractivity contribution in [3.63, 3.8) is 0 Å². The lowest BCUT2D eigenvalue weighted by molar-refractivity contribution is -0.129. The summed E-state index contributed by atoms with van der Waals surface area (Å²) in [5.41, 5.74) is 0.873. The van der Waals surface area contributed by atoms with Gasteiger partial charge in [0.15, 0.2) is 0 Å². The van der Waals surface area contributed by atoms with Crippen molar-refractivity contribution >= 4 is 11.7 Å². The van der Waals surface area contributed by atoms with E-state index in [1.165, 1.54) is 0 Å². The van der Waals surface area contributed by atoms with Crippen molar-refractivity contribution in [2.45, 2.75) is 25.8 Å². The van der Waals surface area contributed by atoms with Crippen LogP contribution in [0.5, 0.6) is 0 Å². The Morgan fingerprint density at radius 3 is 2.94 bits per heavy atom. The molecule has 0 bridgehead atoms. The zero-order chi connectivity index (χ0) is 11.5. The summed E-state index contributed by atoms with van der Waals surface area (Å²) < 4.78 is 0. The third kappa shape index (κ3) is 1.85. The number of carbonyl (C=O) groups excluding carboxylic acids is 1. The average molecular weight is 220 g/mol. The van der Waals surface area contributed by atoms with Gasteiger partial charge in [-0.3, -0.25) is 9.78 Å². The fourth-order valence-electron chi connectivity index (χ4n) is 2.21. The molecule has 1 aliphatic heterocycles. The molecule has 1 N–H and O–H groups in total. The highest BCUT2D eigenvalue weighted by Gasteiger charge is 2.30. The first-order valence-electron chi connectivity index (χ1n) is 5.50. The quantitative estimate of drug-likeness (QED) is 0.813. The summed E-state index contributed by atoms with van der Waals surface area (Å²) in [6, 6.07) is 0.0775. The number of rotatable bonds is 2. The fraction of sp³-hybridized carbons (Fsp3) is 0.545. The van der Waals surface area contributed by atoms with E-state index in [1.54, 1.807) is 19.3 Å². The lowest BCUT2D eigenvalue weighted by atomic mass is 10.1. The van der Waals surface area contributed by atoms with Gasteiger partial charge in [-0.2, -0.15) is 0 Å². The number of carbonyl (C=O) groups is 1. The predicted molar refractivity (Wildman–Crippen MR) is 60.9 cm³/mol. The molecule has 1 aliphatic rings. The Morgan fingerprint density at radius 1 is 1.50 bits per heavy atom. The molecule has 1 amide bonds. The van der Waals surface area contributed by atoms with Crippen LogP contribution < -0.4 is 5.32 Å². The monoisotopic (exact) mass is 220 g/mol. The second kappa shape index (κ2) is 4.47. The first-order chi connectivity index (χ1) is 7.74. The molecule has 1 fully saturated rings. The van der Waals surface area contributed by atoms with Crippen molar-refractivity contribution in [1.29, 1.82) is 0 Å². The Hall–Kier alpha value is -1.65. The molecule has 16 heavy (non-hydrogen) atoms. The van der Waals surface area contributed by atoms with Crippen molar-refractivity contribution in [1.82, 2.24) is 14.9 Å². The van der Waals surface area contributed by atoms with Crippen LogP contribution in [-0.2, 0) is 4.79 Å². The summed E-state index contributed by atoms with van der Waals surface area (Å²) in [6.07, 6.45) is 5.33. The van der Waals surface area contributed by atoms with Crippen LogP contribution in [0, 0.1) is 0 Å². The van der Waals surface area contributed by atoms with Crippen molar-refractivity contribution in [2.75, 3.05) is 18.9 Å². The van der Waals surface area contributed by atoms with Crippen LogP contribution in [0.4, 0.5) is 5.82 Å². The minimum absolute atomic E-state index is 0.0775. The van der Waals surface area contributed by atoms with Crippen molar-refractivity contribution in [3.05, 3.63) is 18.1 Å². The van der Waals surface area contributed by atoms with E-state index in [4.69, 9.17) is 0 Å². The van der Waals surface area contributed by atoms with Crippen LogP contribution in [-0.4, -0.2) is 34.4 Å². The third-order valence-electron chi connectivity index (χ3n) is 2.94. The molecule has 1 atom stereocenters. The van der Waals surface area contributed by atoms with Gasteiger partial charge in [0.25, 0.3) is 0 Å². The van der Waals surface area contributed by atoms with Crippen LogP contribution in [0.1, 0.15) is 31.5 Å². The zero-order valence-corrected chi connectivity index (χ0v) is 9.60. The van der Waals surface area contributed by atoms with Gasteiger partial charge in [-0.05, 0) is 12.8 Å². The summed E-state index contributed by atoms with van der Waals surface area (Å²) in [4.78, 5) is 21.9. The van der Waals surface area contributed by atoms with Gasteiger partial charge >= 0.3 is 0 Å². The number of amides is 1. The maximum atomic E-state index is 11.5. The van der Waals surface area contributed by atoms with E-state index >= 15 is 0 Å². The minimum atomic E-state index is 0.0775. The van der Waals surface area contributed by atoms with Crippen molar-refractivity contribution < 1.29 is 4.79 Å². The molecule has 0 aliphatic carbocycles. The van der Waals surface area contributed by atoms with Gasteiger partial charge in [0.1, 0.15) is 11.5 Å². The lowest BCUT2D eigenvalue weighted by Crippen LogP contribution is -2.29. The molecular weight excluding hydrogens is 204 g/mol. The molecule has 2 rings (SSSR count). The average Bonchev–Trinajstić information content (AvgIpc) is 2.77. The number of hydrogen-bond acceptors (Lipinski definition) is 4. The first kappa shape index (κ1) is 10.9. The van der Waals surface area contributed by atoms with Gasteiger partial charge in [0.2, 0.25) is 5.91 Å². The Morgan fingerprint density at radius 2 is 2.25 bits per heavy atom. The van der Waals surface area contributed by atoms with Crippen LogP contribution in [0.15, 0.2) is 12.4 Å². The summed E-state index contributed by atoms with van der Waals surface area (Å²) in [5.74, 6) is 0.871. The molecular formula is C11H16N4O. The van der Waals surface area contributed by atoms with Crippen LogP contribution in [0.2, 0.25) is 0 Å². The van der Waals surface area contributed by atoms with Gasteiger partial charge in [0.05, 0.1) is 6.04 Å². The number of anilines is 1. The van der Waals surface area contributed by atoms with E-state index in [0.717, 1.165) is 30.9 Å². The maximum Gasteiger partial charge on any atom is 0.220 e. The molecule has 0 aromatic carbocycles. The number of aromatic nitrogens is 2. The highest BCUT2D eigenvalue weighted by atomic mass is 16.2. The van der Waals surface area contributed by atoms with Crippen LogP contribution in [0.3, 0.4) is 0 Å². The molecule has 0 saturated carbocycles. The van der Waals surface area contributed by atoms with E-state index in [2.05, 4.69) is 15.3 Å². The highest BCUT2D eigenvalue weighted by molar-refractivity contribution is 5.74. The van der Waals surface area contributed by atoms with Crippen LogP contribution in [0.25, 0.3) is 0 Å². The molecule has 86 valence electrons. The smallest absolute Gasteiger partial charge is 0.220 e. The van der Waals surface area contributed by atoms with E-state index in [-0.39, 0.29) is 11.9 Å². The molecule has 1 saturated heterocycles. The van der Waals surface area contributed by atoms with E-state index in [1.807, 2.05) is 11.9 Å². The molecule has 5 heteroatoms. The molecule has 1 aromatic rings. The largest absolute Gasteiger partial charge is 0.372 e. The van der Waals surface area contributed by atoms with Gasteiger partial charge in [-0.25, -0.2) is 4.98 Å². The summed E-state index contributed by atoms with van der Waals surface area (Å²) in [5, 5.41) is 3.02. The highest BCUT2D eigenvalue weighted by Crippen LogP contribution is 2.33. The topological polar surface area (TPSA) is 58.1 Å². The van der Waals surface area contributed by atoms with Crippen LogP contribution >= 0.6 is 0 Å². The van der Waals surface area contributed by atoms with E-state index < -0.39 is 0 Å². The SMILES string of the molecule is CNc1nccnc1[C@@H]1CCCN1C(C)=O. The van der Waals surface area contributed by atoms with E-state index in [0.29, 0.717) is 0 Å². The summed E-state index contributed by atoms with van der Waals surface area (Å²) in [6.45, 7) is 2.42. The van der Waals surface area contributed by atoms with E-state index in [9.17, 15) is 4.79 Å².